The highest BCUT2D eigenvalue weighted by Crippen LogP contribution is 2.35. The predicted molar refractivity (Wildman–Crippen MR) is 88.1 cm³/mol. The molecule has 0 aliphatic carbocycles. The number of nitrogens with one attached hydrogen (secondary N) is 1. The maximum atomic E-state index is 3.99. The van der Waals surface area contributed by atoms with Gasteiger partial charge in [-0.05, 0) is 41.0 Å². The van der Waals surface area contributed by atoms with Crippen LogP contribution in [0.5, 0.6) is 0 Å². The van der Waals surface area contributed by atoms with Gasteiger partial charge in [-0.2, -0.15) is 0 Å². The second kappa shape index (κ2) is 3.97. The van der Waals surface area contributed by atoms with Crippen LogP contribution in [0, 0.1) is 6.92 Å². The van der Waals surface area contributed by atoms with E-state index in [1.807, 2.05) is 6.08 Å². The third kappa shape index (κ3) is 1.38. The van der Waals surface area contributed by atoms with Gasteiger partial charge >= 0.3 is 0 Å². The normalized spacial score (nSPS) is 11.4. The van der Waals surface area contributed by atoms with Gasteiger partial charge < -0.3 is 4.98 Å². The van der Waals surface area contributed by atoms with E-state index in [0.717, 1.165) is 0 Å². The predicted octanol–water partition coefficient (Wildman–Crippen LogP) is 5.43. The van der Waals surface area contributed by atoms with E-state index >= 15 is 0 Å². The van der Waals surface area contributed by atoms with Gasteiger partial charge in [0.2, 0.25) is 0 Å². The van der Waals surface area contributed by atoms with Gasteiger partial charge in [-0.25, -0.2) is 0 Å². The van der Waals surface area contributed by atoms with E-state index in [-0.39, 0.29) is 0 Å². The van der Waals surface area contributed by atoms with Crippen molar-refractivity contribution >= 4 is 38.7 Å². The second-order valence-electron chi connectivity index (χ2n) is 5.26. The van der Waals surface area contributed by atoms with E-state index in [2.05, 4.69) is 67.0 Å². The molecule has 20 heavy (non-hydrogen) atoms. The molecular weight excluding hydrogens is 242 g/mol. The quantitative estimate of drug-likeness (QED) is 0.468. The molecule has 0 bridgehead atoms. The monoisotopic (exact) mass is 257 g/mol. The Bertz CT molecular complexity index is 973. The Balaban J connectivity index is 2.38. The van der Waals surface area contributed by atoms with Gasteiger partial charge in [0.1, 0.15) is 0 Å². The van der Waals surface area contributed by atoms with Gasteiger partial charge in [0.15, 0.2) is 0 Å². The molecule has 4 aromatic rings. The number of hydrogen-bond acceptors (Lipinski definition) is 0. The summed E-state index contributed by atoms with van der Waals surface area (Å²) in [5.41, 5.74) is 4.86. The van der Waals surface area contributed by atoms with Gasteiger partial charge in [-0.15, -0.1) is 0 Å². The lowest BCUT2D eigenvalue weighted by atomic mass is 9.98. The first kappa shape index (κ1) is 11.3. The van der Waals surface area contributed by atoms with Gasteiger partial charge in [0.25, 0.3) is 0 Å². The third-order valence-corrected chi connectivity index (χ3v) is 4.12. The van der Waals surface area contributed by atoms with E-state index in [0.29, 0.717) is 0 Å². The number of benzene rings is 3. The molecule has 0 fully saturated rings. The molecule has 0 spiro atoms. The van der Waals surface area contributed by atoms with Crippen LogP contribution in [0.2, 0.25) is 0 Å². The van der Waals surface area contributed by atoms with Gasteiger partial charge in [0.05, 0.1) is 0 Å². The molecule has 0 unspecified atom stereocenters. The molecule has 0 saturated carbocycles. The molecule has 96 valence electrons. The zero-order valence-electron chi connectivity index (χ0n) is 11.4. The molecule has 4 rings (SSSR count). The smallest absolute Gasteiger partial charge is 0.0471 e. The molecule has 0 atom stereocenters. The van der Waals surface area contributed by atoms with Crippen molar-refractivity contribution in [2.24, 2.45) is 0 Å². The summed E-state index contributed by atoms with van der Waals surface area (Å²) in [6.45, 7) is 6.13. The summed E-state index contributed by atoms with van der Waals surface area (Å²) < 4.78 is 0. The lowest BCUT2D eigenvalue weighted by Gasteiger charge is -2.04. The van der Waals surface area contributed by atoms with Crippen LogP contribution in [0.4, 0.5) is 0 Å². The summed E-state index contributed by atoms with van der Waals surface area (Å²) in [5.74, 6) is 0. The minimum Gasteiger partial charge on any atom is -0.354 e. The molecule has 0 radical (unpaired) electrons. The van der Waals surface area contributed by atoms with Crippen molar-refractivity contribution < 1.29 is 0 Å². The fourth-order valence-corrected chi connectivity index (χ4v) is 3.15. The van der Waals surface area contributed by atoms with Crippen LogP contribution < -0.4 is 0 Å². The summed E-state index contributed by atoms with van der Waals surface area (Å²) in [4.78, 5) is 3.52. The average Bonchev–Trinajstić information content (AvgIpc) is 2.86. The van der Waals surface area contributed by atoms with E-state index < -0.39 is 0 Å². The van der Waals surface area contributed by atoms with E-state index in [4.69, 9.17) is 0 Å². The second-order valence-corrected chi connectivity index (χ2v) is 5.26. The van der Waals surface area contributed by atoms with Gasteiger partial charge in [0, 0.05) is 21.8 Å². The van der Waals surface area contributed by atoms with Crippen molar-refractivity contribution in [3.05, 3.63) is 66.2 Å². The number of fused-ring (bicyclic) bond motifs is 5. The zero-order chi connectivity index (χ0) is 13.7. The summed E-state index contributed by atoms with van der Waals surface area (Å²) >= 11 is 0. The number of aromatic amines is 1. The van der Waals surface area contributed by atoms with Gasteiger partial charge in [-0.1, -0.05) is 49.1 Å². The summed E-state index contributed by atoms with van der Waals surface area (Å²) in [7, 11) is 0. The molecule has 1 nitrogen and oxygen atoms in total. The molecule has 0 amide bonds. The highest BCUT2D eigenvalue weighted by Gasteiger charge is 2.11. The molecule has 0 aliphatic rings. The fourth-order valence-electron chi connectivity index (χ4n) is 3.15. The minimum absolute atomic E-state index is 1.18. The summed E-state index contributed by atoms with van der Waals surface area (Å²) in [6.07, 6.45) is 1.96. The first-order valence-corrected chi connectivity index (χ1v) is 6.85. The average molecular weight is 257 g/mol. The van der Waals surface area contributed by atoms with Crippen LogP contribution in [0.3, 0.4) is 0 Å². The number of H-pyrrole nitrogens is 1. The van der Waals surface area contributed by atoms with Crippen LogP contribution in [0.15, 0.2) is 55.1 Å². The molecule has 0 aliphatic heterocycles. The van der Waals surface area contributed by atoms with Crippen LogP contribution >= 0.6 is 0 Å². The van der Waals surface area contributed by atoms with Crippen molar-refractivity contribution in [1.82, 2.24) is 4.98 Å². The summed E-state index contributed by atoms with van der Waals surface area (Å²) in [5, 5.41) is 5.16. The number of hydrogen-bond donors (Lipinski definition) is 1. The number of aryl methyl sites for hydroxylation is 1. The highest BCUT2D eigenvalue weighted by atomic mass is 14.7. The third-order valence-electron chi connectivity index (χ3n) is 4.12. The van der Waals surface area contributed by atoms with Crippen molar-refractivity contribution in [2.75, 3.05) is 0 Å². The lowest BCUT2D eigenvalue weighted by Crippen LogP contribution is -1.82. The van der Waals surface area contributed by atoms with Crippen LogP contribution in [-0.2, 0) is 0 Å². The molecule has 0 saturated heterocycles. The Hall–Kier alpha value is -2.54. The van der Waals surface area contributed by atoms with E-state index in [1.54, 1.807) is 0 Å². The van der Waals surface area contributed by atoms with Crippen LogP contribution in [0.25, 0.3) is 38.7 Å². The fraction of sp³-hybridized carbons (Fsp3) is 0.0526. The van der Waals surface area contributed by atoms with E-state index in [9.17, 15) is 0 Å². The van der Waals surface area contributed by atoms with Gasteiger partial charge in [-0.3, -0.25) is 0 Å². The minimum atomic E-state index is 1.18. The Labute approximate surface area is 117 Å². The maximum absolute atomic E-state index is 3.99. The Kier molecular flexibility index (Phi) is 2.25. The molecule has 3 aromatic carbocycles. The van der Waals surface area contributed by atoms with Crippen molar-refractivity contribution in [3.8, 4) is 0 Å². The Morgan fingerprint density at radius 1 is 0.900 bits per heavy atom. The molecule has 1 aromatic heterocycles. The van der Waals surface area contributed by atoms with Crippen molar-refractivity contribution in [1.29, 1.82) is 0 Å². The maximum Gasteiger partial charge on any atom is 0.0471 e. The Morgan fingerprint density at radius 3 is 2.50 bits per heavy atom. The summed E-state index contributed by atoms with van der Waals surface area (Å²) in [6, 6.07) is 17.2. The Morgan fingerprint density at radius 2 is 1.65 bits per heavy atom. The van der Waals surface area contributed by atoms with Crippen LogP contribution in [0.1, 0.15) is 11.1 Å². The first-order chi connectivity index (χ1) is 9.79. The highest BCUT2D eigenvalue weighted by molar-refractivity contribution is 6.22. The largest absolute Gasteiger partial charge is 0.354 e. The molecule has 1 heteroatoms. The topological polar surface area (TPSA) is 15.8 Å². The number of rotatable bonds is 1. The van der Waals surface area contributed by atoms with Crippen LogP contribution in [-0.4, -0.2) is 4.98 Å². The SMILES string of the molecule is C=Cc1c(C)ccc2[nH]c3ccc4ccccc4c3c12. The molecule has 1 N–H and O–H groups in total. The molecular formula is C19H15N. The standard InChI is InChI=1S/C19H15N/c1-3-14-12(2)8-10-16-18(14)19-15-7-5-4-6-13(15)9-11-17(19)20-16/h3-11,20H,1H2,2H3. The van der Waals surface area contributed by atoms with Crippen molar-refractivity contribution in [2.45, 2.75) is 6.92 Å². The first-order valence-electron chi connectivity index (χ1n) is 6.85. The van der Waals surface area contributed by atoms with Crippen molar-refractivity contribution in [3.63, 3.8) is 0 Å². The van der Waals surface area contributed by atoms with E-state index in [1.165, 1.54) is 43.7 Å². The number of aromatic nitrogens is 1. The zero-order valence-corrected chi connectivity index (χ0v) is 11.4. The lowest BCUT2D eigenvalue weighted by molar-refractivity contribution is 1.47. The molecule has 1 heterocycles.